The van der Waals surface area contributed by atoms with Crippen molar-refractivity contribution in [2.75, 3.05) is 13.2 Å². The van der Waals surface area contributed by atoms with E-state index in [0.29, 0.717) is 5.92 Å². The van der Waals surface area contributed by atoms with Crippen molar-refractivity contribution < 1.29 is 14.4 Å². The molecule has 86 valence electrons. The quantitative estimate of drug-likeness (QED) is 0.519. The molecule has 1 aliphatic heterocycles. The van der Waals surface area contributed by atoms with Crippen LogP contribution in [0.25, 0.3) is 0 Å². The maximum atomic E-state index is 11.5. The van der Waals surface area contributed by atoms with Gasteiger partial charge in [0.2, 0.25) is 5.91 Å². The molecule has 15 heavy (non-hydrogen) atoms. The standard InChI is InChI=1S/C9H17N3O3/c1-6-2-3-11-7(4-6)9(14)12-15-5-8(10)13/h6-7,11H,2-5H2,1H3,(H2,10,13)(H,12,14). The first-order chi connectivity index (χ1) is 7.09. The van der Waals surface area contributed by atoms with Crippen LogP contribution < -0.4 is 16.5 Å². The molecule has 4 N–H and O–H groups in total. The van der Waals surface area contributed by atoms with Crippen LogP contribution in [-0.4, -0.2) is 31.0 Å². The summed E-state index contributed by atoms with van der Waals surface area (Å²) in [7, 11) is 0. The molecule has 1 rings (SSSR count). The molecule has 0 aromatic heterocycles. The number of hydrogen-bond donors (Lipinski definition) is 3. The molecule has 1 aliphatic rings. The minimum atomic E-state index is -0.611. The Hall–Kier alpha value is -1.14. The van der Waals surface area contributed by atoms with E-state index >= 15 is 0 Å². The van der Waals surface area contributed by atoms with Crippen molar-refractivity contribution in [3.05, 3.63) is 0 Å². The Morgan fingerprint density at radius 3 is 2.93 bits per heavy atom. The monoisotopic (exact) mass is 215 g/mol. The molecule has 0 aliphatic carbocycles. The predicted molar refractivity (Wildman–Crippen MR) is 53.5 cm³/mol. The van der Waals surface area contributed by atoms with E-state index in [4.69, 9.17) is 5.73 Å². The Labute approximate surface area is 88.5 Å². The van der Waals surface area contributed by atoms with Gasteiger partial charge in [0.15, 0.2) is 6.61 Å². The number of primary amides is 1. The number of nitrogens with one attached hydrogen (secondary N) is 2. The maximum absolute atomic E-state index is 11.5. The molecule has 0 bridgehead atoms. The minimum Gasteiger partial charge on any atom is -0.368 e. The van der Waals surface area contributed by atoms with Crippen LogP contribution in [0.4, 0.5) is 0 Å². The van der Waals surface area contributed by atoms with Gasteiger partial charge in [0.1, 0.15) is 0 Å². The van der Waals surface area contributed by atoms with Gasteiger partial charge in [0.25, 0.3) is 5.91 Å². The summed E-state index contributed by atoms with van der Waals surface area (Å²) in [6.45, 7) is 2.63. The molecule has 2 amide bonds. The first kappa shape index (κ1) is 11.9. The highest BCUT2D eigenvalue weighted by molar-refractivity contribution is 5.81. The fraction of sp³-hybridized carbons (Fsp3) is 0.778. The lowest BCUT2D eigenvalue weighted by molar-refractivity contribution is -0.140. The van der Waals surface area contributed by atoms with Crippen molar-refractivity contribution >= 4 is 11.8 Å². The first-order valence-electron chi connectivity index (χ1n) is 5.03. The van der Waals surface area contributed by atoms with Gasteiger partial charge in [-0.1, -0.05) is 6.92 Å². The third-order valence-electron chi connectivity index (χ3n) is 2.37. The zero-order valence-electron chi connectivity index (χ0n) is 8.79. The first-order valence-corrected chi connectivity index (χ1v) is 5.03. The van der Waals surface area contributed by atoms with E-state index in [-0.39, 0.29) is 18.6 Å². The van der Waals surface area contributed by atoms with E-state index in [9.17, 15) is 9.59 Å². The van der Waals surface area contributed by atoms with E-state index in [1.165, 1.54) is 0 Å². The summed E-state index contributed by atoms with van der Waals surface area (Å²) in [5, 5.41) is 3.08. The Balaban J connectivity index is 2.24. The van der Waals surface area contributed by atoms with E-state index in [0.717, 1.165) is 19.4 Å². The van der Waals surface area contributed by atoms with Crippen LogP contribution in [-0.2, 0) is 14.4 Å². The summed E-state index contributed by atoms with van der Waals surface area (Å²) >= 11 is 0. The number of nitrogens with two attached hydrogens (primary N) is 1. The molecule has 0 aromatic carbocycles. The maximum Gasteiger partial charge on any atom is 0.260 e. The number of amides is 2. The minimum absolute atomic E-state index is 0.235. The molecule has 2 unspecified atom stereocenters. The third-order valence-corrected chi connectivity index (χ3v) is 2.37. The topological polar surface area (TPSA) is 93.4 Å². The van der Waals surface area contributed by atoms with Gasteiger partial charge in [-0.25, -0.2) is 5.48 Å². The van der Waals surface area contributed by atoms with E-state index < -0.39 is 5.91 Å². The normalized spacial score (nSPS) is 25.9. The van der Waals surface area contributed by atoms with E-state index in [1.807, 2.05) is 0 Å². The van der Waals surface area contributed by atoms with Gasteiger partial charge >= 0.3 is 0 Å². The van der Waals surface area contributed by atoms with E-state index in [1.54, 1.807) is 0 Å². The molecule has 0 radical (unpaired) electrons. The summed E-state index contributed by atoms with van der Waals surface area (Å²) in [6, 6.07) is -0.235. The molecule has 0 aromatic rings. The molecule has 0 saturated carbocycles. The van der Waals surface area contributed by atoms with Crippen LogP contribution in [0.5, 0.6) is 0 Å². The summed E-state index contributed by atoms with van der Waals surface area (Å²) < 4.78 is 0. The Morgan fingerprint density at radius 2 is 2.33 bits per heavy atom. The Morgan fingerprint density at radius 1 is 1.60 bits per heavy atom. The lowest BCUT2D eigenvalue weighted by atomic mass is 9.94. The lowest BCUT2D eigenvalue weighted by Crippen LogP contribution is -2.48. The van der Waals surface area contributed by atoms with Crippen LogP contribution in [0.15, 0.2) is 0 Å². The smallest absolute Gasteiger partial charge is 0.260 e. The SMILES string of the molecule is CC1CCNC(C(=O)NOCC(N)=O)C1. The van der Waals surface area contributed by atoms with Crippen molar-refractivity contribution in [1.29, 1.82) is 0 Å². The van der Waals surface area contributed by atoms with E-state index in [2.05, 4.69) is 22.6 Å². The van der Waals surface area contributed by atoms with Gasteiger partial charge in [-0.15, -0.1) is 0 Å². The van der Waals surface area contributed by atoms with Crippen LogP contribution in [0, 0.1) is 5.92 Å². The lowest BCUT2D eigenvalue weighted by Gasteiger charge is -2.26. The molecule has 2 atom stereocenters. The number of carbonyl (C=O) groups is 2. The second-order valence-electron chi connectivity index (χ2n) is 3.86. The molecule has 0 spiro atoms. The van der Waals surface area contributed by atoms with Crippen molar-refractivity contribution in [2.45, 2.75) is 25.8 Å². The zero-order valence-corrected chi connectivity index (χ0v) is 8.79. The number of piperidine rings is 1. The van der Waals surface area contributed by atoms with Gasteiger partial charge in [0, 0.05) is 0 Å². The van der Waals surface area contributed by atoms with Crippen molar-refractivity contribution in [1.82, 2.24) is 10.8 Å². The molecule has 1 fully saturated rings. The zero-order chi connectivity index (χ0) is 11.3. The van der Waals surface area contributed by atoms with Crippen molar-refractivity contribution in [3.8, 4) is 0 Å². The van der Waals surface area contributed by atoms with Crippen LogP contribution in [0.2, 0.25) is 0 Å². The van der Waals surface area contributed by atoms with Crippen LogP contribution in [0.1, 0.15) is 19.8 Å². The highest BCUT2D eigenvalue weighted by atomic mass is 16.7. The molecule has 6 nitrogen and oxygen atoms in total. The molecule has 6 heteroatoms. The van der Waals surface area contributed by atoms with Crippen LogP contribution >= 0.6 is 0 Å². The number of hydrogen-bond acceptors (Lipinski definition) is 4. The molecular formula is C9H17N3O3. The molecule has 1 heterocycles. The molecule has 1 saturated heterocycles. The fourth-order valence-electron chi connectivity index (χ4n) is 1.56. The average Bonchev–Trinajstić information content (AvgIpc) is 2.17. The average molecular weight is 215 g/mol. The van der Waals surface area contributed by atoms with Crippen molar-refractivity contribution in [3.63, 3.8) is 0 Å². The number of carbonyl (C=O) groups excluding carboxylic acids is 2. The number of rotatable bonds is 4. The summed E-state index contributed by atoms with van der Waals surface area (Å²) in [6.07, 6.45) is 1.86. The van der Waals surface area contributed by atoms with Gasteiger partial charge in [-0.3, -0.25) is 14.4 Å². The Kier molecular flexibility index (Phi) is 4.51. The predicted octanol–water partition coefficient (Wildman–Crippen LogP) is -1.09. The Bertz CT molecular complexity index is 245. The van der Waals surface area contributed by atoms with Gasteiger partial charge in [-0.2, -0.15) is 0 Å². The second kappa shape index (κ2) is 5.67. The summed E-state index contributed by atoms with van der Waals surface area (Å²) in [5.41, 5.74) is 7.05. The summed E-state index contributed by atoms with van der Waals surface area (Å²) in [5.74, 6) is -0.332. The third kappa shape index (κ3) is 4.26. The largest absolute Gasteiger partial charge is 0.368 e. The van der Waals surface area contributed by atoms with Crippen LogP contribution in [0.3, 0.4) is 0 Å². The second-order valence-corrected chi connectivity index (χ2v) is 3.86. The fourth-order valence-corrected chi connectivity index (χ4v) is 1.56. The highest BCUT2D eigenvalue weighted by Gasteiger charge is 2.24. The van der Waals surface area contributed by atoms with Gasteiger partial charge in [0.05, 0.1) is 6.04 Å². The highest BCUT2D eigenvalue weighted by Crippen LogP contribution is 2.14. The summed E-state index contributed by atoms with van der Waals surface area (Å²) in [4.78, 5) is 26.4. The molecular weight excluding hydrogens is 198 g/mol. The van der Waals surface area contributed by atoms with Crippen molar-refractivity contribution in [2.24, 2.45) is 11.7 Å². The van der Waals surface area contributed by atoms with Gasteiger partial charge in [-0.05, 0) is 25.3 Å². The van der Waals surface area contributed by atoms with Gasteiger partial charge < -0.3 is 11.1 Å². The number of hydroxylamine groups is 1.